The number of allylic oxidation sites excluding steroid dienone is 2. The Morgan fingerprint density at radius 3 is 1.14 bits per heavy atom. The standard InChI is InChI=1S/C71H131O24P/c1-4-7-10-13-16-19-22-24-26-28-31-34-36-39-42-45-55(73)87-49-52(90-57(75)47-44-41-38-35-32-29-27-25-23-20-17-14-11-8-5-2)50-89-96(85,86)95-69-67(93-70-65(83)60(78)58(76)53(48-72)91-70)63(81)62(80)64(82)68(69)94-71-66(84)61(79)59(77)54(92-71)51-88-56(74)46-43-40-37-33-30-21-18-15-12-9-6-3/h20,23,52-54,58-72,76-84H,4-19,21-22,24-51H2,1-3H3,(H,85,86)/b23-20-. The Bertz CT molecular complexity index is 2040. The van der Waals surface area contributed by atoms with Crippen molar-refractivity contribution in [3.63, 3.8) is 0 Å². The zero-order valence-corrected chi connectivity index (χ0v) is 59.6. The molecule has 0 aromatic carbocycles. The van der Waals surface area contributed by atoms with Crippen molar-refractivity contribution in [1.82, 2.24) is 0 Å². The second kappa shape index (κ2) is 53.5. The first-order chi connectivity index (χ1) is 46.3. The Morgan fingerprint density at radius 1 is 0.396 bits per heavy atom. The molecule has 24 nitrogen and oxygen atoms in total. The Morgan fingerprint density at radius 2 is 0.729 bits per heavy atom. The summed E-state index contributed by atoms with van der Waals surface area (Å²) in [7, 11) is -5.69. The van der Waals surface area contributed by atoms with Crippen LogP contribution >= 0.6 is 7.82 Å². The second-order valence-electron chi connectivity index (χ2n) is 27.0. The number of hydrogen-bond acceptors (Lipinski definition) is 23. The Kier molecular flexibility index (Phi) is 49.0. The molecule has 2 aliphatic heterocycles. The van der Waals surface area contributed by atoms with E-state index in [1.54, 1.807) is 0 Å². The average Bonchev–Trinajstić information content (AvgIpc) is 0.765. The van der Waals surface area contributed by atoms with Crippen molar-refractivity contribution >= 4 is 25.7 Å². The van der Waals surface area contributed by atoms with Crippen molar-refractivity contribution in [3.8, 4) is 0 Å². The van der Waals surface area contributed by atoms with Gasteiger partial charge in [0.05, 0.1) is 13.2 Å². The van der Waals surface area contributed by atoms with Crippen LogP contribution in [0.4, 0.5) is 0 Å². The lowest BCUT2D eigenvalue weighted by Crippen LogP contribution is -2.69. The molecule has 18 atom stereocenters. The van der Waals surface area contributed by atoms with Gasteiger partial charge < -0.3 is 89.1 Å². The highest BCUT2D eigenvalue weighted by Crippen LogP contribution is 2.49. The highest BCUT2D eigenvalue weighted by atomic mass is 31.2. The minimum atomic E-state index is -5.69. The van der Waals surface area contributed by atoms with Crippen LogP contribution in [-0.4, -0.2) is 204 Å². The van der Waals surface area contributed by atoms with Crippen molar-refractivity contribution in [3.05, 3.63) is 12.2 Å². The van der Waals surface area contributed by atoms with E-state index in [1.165, 1.54) is 122 Å². The molecule has 1 saturated carbocycles. The monoisotopic (exact) mass is 1400 g/mol. The number of unbranched alkanes of at least 4 members (excludes halogenated alkanes) is 35. The summed E-state index contributed by atoms with van der Waals surface area (Å²) in [5.74, 6) is -1.99. The van der Waals surface area contributed by atoms with E-state index < -0.39 is 156 Å². The van der Waals surface area contributed by atoms with Crippen LogP contribution < -0.4 is 0 Å². The first-order valence-electron chi connectivity index (χ1n) is 37.5. The van der Waals surface area contributed by atoms with E-state index in [1.807, 2.05) is 0 Å². The molecule has 0 spiro atoms. The lowest BCUT2D eigenvalue weighted by molar-refractivity contribution is -0.360. The molecule has 25 heteroatoms. The number of aliphatic hydroxyl groups is 10. The number of ether oxygens (including phenoxy) is 7. The quantitative estimate of drug-likeness (QED) is 0.00886. The molecule has 0 aromatic rings. The van der Waals surface area contributed by atoms with Gasteiger partial charge >= 0.3 is 25.7 Å². The zero-order chi connectivity index (χ0) is 70.4. The van der Waals surface area contributed by atoms with Crippen molar-refractivity contribution < 1.29 is 117 Å². The minimum absolute atomic E-state index is 0.0315. The van der Waals surface area contributed by atoms with E-state index in [0.29, 0.717) is 19.3 Å². The van der Waals surface area contributed by atoms with Crippen molar-refractivity contribution in [2.45, 2.75) is 395 Å². The summed E-state index contributed by atoms with van der Waals surface area (Å²) in [6.07, 6.45) is 11.4. The van der Waals surface area contributed by atoms with Crippen molar-refractivity contribution in [2.24, 2.45) is 0 Å². The van der Waals surface area contributed by atoms with E-state index >= 15 is 0 Å². The largest absolute Gasteiger partial charge is 0.472 e. The van der Waals surface area contributed by atoms with Crippen LogP contribution in [0.15, 0.2) is 12.2 Å². The molecule has 18 unspecified atom stereocenters. The molecule has 0 amide bonds. The molecule has 11 N–H and O–H groups in total. The molecule has 0 aromatic heterocycles. The highest BCUT2D eigenvalue weighted by Gasteiger charge is 2.58. The molecule has 3 rings (SSSR count). The van der Waals surface area contributed by atoms with Crippen LogP contribution in [0.25, 0.3) is 0 Å². The second-order valence-corrected chi connectivity index (χ2v) is 28.4. The predicted molar refractivity (Wildman–Crippen MR) is 361 cm³/mol. The number of esters is 3. The molecule has 3 aliphatic rings. The first kappa shape index (κ1) is 87.9. The molecule has 96 heavy (non-hydrogen) atoms. The third kappa shape index (κ3) is 36.5. The fourth-order valence-electron chi connectivity index (χ4n) is 12.4. The topological polar surface area (TPSA) is 374 Å². The summed E-state index contributed by atoms with van der Waals surface area (Å²) >= 11 is 0. The molecule has 1 aliphatic carbocycles. The lowest BCUT2D eigenvalue weighted by Gasteiger charge is -2.49. The molecule has 2 saturated heterocycles. The van der Waals surface area contributed by atoms with Gasteiger partial charge in [-0.25, -0.2) is 4.57 Å². The smallest absolute Gasteiger partial charge is 0.463 e. The minimum Gasteiger partial charge on any atom is -0.463 e. The Balaban J connectivity index is 1.74. The Hall–Kier alpha value is -2.30. The molecule has 0 bridgehead atoms. The summed E-state index contributed by atoms with van der Waals surface area (Å²) in [6.45, 7) is 3.43. The van der Waals surface area contributed by atoms with Gasteiger partial charge in [0.25, 0.3) is 0 Å². The summed E-state index contributed by atoms with van der Waals surface area (Å²) in [4.78, 5) is 50.9. The number of hydrogen-bond donors (Lipinski definition) is 11. The maximum Gasteiger partial charge on any atom is 0.472 e. The van der Waals surface area contributed by atoms with Gasteiger partial charge in [0.1, 0.15) is 98.7 Å². The third-order valence-corrected chi connectivity index (χ3v) is 19.5. The van der Waals surface area contributed by atoms with Crippen LogP contribution in [0, 0.1) is 0 Å². The Labute approximate surface area is 573 Å². The van der Waals surface area contributed by atoms with Crippen LogP contribution in [0.5, 0.6) is 0 Å². The number of carbonyl (C=O) groups is 3. The highest BCUT2D eigenvalue weighted by molar-refractivity contribution is 7.47. The van der Waals surface area contributed by atoms with Crippen LogP contribution in [-0.2, 0) is 61.2 Å². The van der Waals surface area contributed by atoms with Crippen LogP contribution in [0.2, 0.25) is 0 Å². The van der Waals surface area contributed by atoms with Gasteiger partial charge in [-0.2, -0.15) is 0 Å². The molecule has 0 radical (unpaired) electrons. The van der Waals surface area contributed by atoms with Crippen LogP contribution in [0.3, 0.4) is 0 Å². The summed E-state index contributed by atoms with van der Waals surface area (Å²) in [5, 5.41) is 110. The van der Waals surface area contributed by atoms with Gasteiger partial charge in [-0.15, -0.1) is 0 Å². The van der Waals surface area contributed by atoms with E-state index in [2.05, 4.69) is 32.9 Å². The van der Waals surface area contributed by atoms with Gasteiger partial charge in [-0.1, -0.05) is 238 Å². The SMILES string of the molecule is CCCCCC/C=C\CCCCCCCCCC(=O)OC(COC(=O)CCCCCCCCCCCCCCCCC)COP(=O)(O)OC1C(OC2OC(CO)C(O)C(O)C2O)C(O)C(O)C(O)C1OC1OC(COC(=O)CCCCCCCCCCCCC)C(O)C(O)C1O. The number of carbonyl (C=O) groups excluding carboxylic acids is 3. The maximum atomic E-state index is 14.3. The molecule has 564 valence electrons. The summed E-state index contributed by atoms with van der Waals surface area (Å²) in [6, 6.07) is 0. The average molecular weight is 1400 g/mol. The zero-order valence-electron chi connectivity index (χ0n) is 58.7. The number of rotatable bonds is 58. The van der Waals surface area contributed by atoms with Gasteiger partial charge in [0.15, 0.2) is 18.7 Å². The van der Waals surface area contributed by atoms with Gasteiger partial charge in [0, 0.05) is 19.3 Å². The van der Waals surface area contributed by atoms with Crippen molar-refractivity contribution in [1.29, 1.82) is 0 Å². The fraction of sp³-hybridized carbons (Fsp3) is 0.930. The molecule has 3 fully saturated rings. The van der Waals surface area contributed by atoms with E-state index in [-0.39, 0.29) is 19.3 Å². The number of phosphoric ester groups is 1. The summed E-state index contributed by atoms with van der Waals surface area (Å²) < 4.78 is 65.0. The van der Waals surface area contributed by atoms with E-state index in [9.17, 15) is 74.9 Å². The van der Waals surface area contributed by atoms with Crippen molar-refractivity contribution in [2.75, 3.05) is 26.4 Å². The lowest BCUT2D eigenvalue weighted by atomic mass is 9.84. The molecule has 2 heterocycles. The molecular formula is C71H131O24P. The first-order valence-corrected chi connectivity index (χ1v) is 39.0. The number of phosphoric acid groups is 1. The normalized spacial score (nSPS) is 28.0. The predicted octanol–water partition coefficient (Wildman–Crippen LogP) is 9.96. The summed E-state index contributed by atoms with van der Waals surface area (Å²) in [5.41, 5.74) is 0. The van der Waals surface area contributed by atoms with E-state index in [0.717, 1.165) is 109 Å². The maximum absolute atomic E-state index is 14.3. The van der Waals surface area contributed by atoms with Gasteiger partial charge in [-0.05, 0) is 44.9 Å². The number of aliphatic hydroxyl groups excluding tert-OH is 10. The van der Waals surface area contributed by atoms with Gasteiger partial charge in [-0.3, -0.25) is 23.4 Å². The third-order valence-electron chi connectivity index (χ3n) is 18.5. The van der Waals surface area contributed by atoms with Gasteiger partial charge in [0.2, 0.25) is 0 Å². The van der Waals surface area contributed by atoms with Crippen LogP contribution in [0.1, 0.15) is 290 Å². The molecular weight excluding hydrogens is 1270 g/mol. The van der Waals surface area contributed by atoms with E-state index in [4.69, 9.17) is 42.2 Å². The fourth-order valence-corrected chi connectivity index (χ4v) is 13.4.